The third kappa shape index (κ3) is 15.9. The molecule has 5 N–H and O–H groups in total. The van der Waals surface area contributed by atoms with Gasteiger partial charge in [-0.05, 0) is 62.5 Å². The molecule has 45 heavy (non-hydrogen) atoms. The number of benzene rings is 1. The number of para-hydroxylation sites is 1. The number of hydrogen-bond donors (Lipinski definition) is 4. The third-order valence-corrected chi connectivity index (χ3v) is 9.44. The SMILES string of the molecule is COCCCCOc1ccccc1C(=O)NC(C)C(CC(N)C(O)CC(C(=O)NCCN1CCSCC1)C(C)C)C(C)C.Cl.Cl. The van der Waals surface area contributed by atoms with Gasteiger partial charge in [-0.25, -0.2) is 0 Å². The Kier molecular flexibility index (Phi) is 23.3. The van der Waals surface area contributed by atoms with Crippen molar-refractivity contribution in [3.8, 4) is 5.75 Å². The largest absolute Gasteiger partial charge is 0.493 e. The van der Waals surface area contributed by atoms with Crippen LogP contribution in [0.4, 0.5) is 0 Å². The summed E-state index contributed by atoms with van der Waals surface area (Å²) in [5.74, 6) is 2.64. The number of methoxy groups -OCH3 is 1. The second-order valence-corrected chi connectivity index (χ2v) is 13.7. The number of carbonyl (C=O) groups is 2. The molecule has 0 bridgehead atoms. The zero-order valence-electron chi connectivity index (χ0n) is 28.2. The maximum absolute atomic E-state index is 13.3. The Bertz CT molecular complexity index is 955. The van der Waals surface area contributed by atoms with Crippen molar-refractivity contribution < 1.29 is 24.2 Å². The highest BCUT2D eigenvalue weighted by Gasteiger charge is 2.32. The maximum Gasteiger partial charge on any atom is 0.255 e. The molecule has 2 rings (SSSR count). The number of aliphatic hydroxyl groups is 1. The number of nitrogens with two attached hydrogens (primary N) is 1. The van der Waals surface area contributed by atoms with Crippen LogP contribution in [0, 0.1) is 23.7 Å². The first kappa shape index (κ1) is 43.7. The predicted octanol–water partition coefficient (Wildman–Crippen LogP) is 4.63. The van der Waals surface area contributed by atoms with Gasteiger partial charge in [0.25, 0.3) is 5.91 Å². The predicted molar refractivity (Wildman–Crippen MR) is 191 cm³/mol. The van der Waals surface area contributed by atoms with Crippen molar-refractivity contribution in [1.82, 2.24) is 15.5 Å². The van der Waals surface area contributed by atoms with Crippen molar-refractivity contribution in [3.05, 3.63) is 29.8 Å². The first-order chi connectivity index (χ1) is 20.5. The van der Waals surface area contributed by atoms with E-state index in [0.29, 0.717) is 43.9 Å². The zero-order valence-corrected chi connectivity index (χ0v) is 30.6. The highest BCUT2D eigenvalue weighted by molar-refractivity contribution is 7.99. The number of unbranched alkanes of at least 4 members (excludes halogenated alkanes) is 1. The Labute approximate surface area is 288 Å². The molecule has 5 atom stereocenters. The summed E-state index contributed by atoms with van der Waals surface area (Å²) in [6.45, 7) is 15.0. The van der Waals surface area contributed by atoms with Gasteiger partial charge < -0.3 is 30.9 Å². The molecule has 0 aliphatic carbocycles. The molecular weight excluding hydrogens is 635 g/mol. The standard InChI is InChI=1S/C33H58N4O5S.2ClH/c1-23(2)27(25(5)36-33(40)26-11-7-8-12-31(26)42-18-10-9-17-41-6)21-29(34)30(38)22-28(24(3)4)32(39)35-13-14-37-15-19-43-20-16-37;;/h7-8,11-12,23-25,27-30,38H,9-10,13-22,34H2,1-6H3,(H,35,39)(H,36,40);2*1H. The van der Waals surface area contributed by atoms with E-state index >= 15 is 0 Å². The topological polar surface area (TPSA) is 126 Å². The molecule has 9 nitrogen and oxygen atoms in total. The molecule has 0 saturated carbocycles. The van der Waals surface area contributed by atoms with Crippen LogP contribution in [-0.4, -0.2) is 98.0 Å². The number of hydrogen-bond acceptors (Lipinski definition) is 8. The van der Waals surface area contributed by atoms with Crippen LogP contribution >= 0.6 is 36.6 Å². The Morgan fingerprint density at radius 1 is 1.00 bits per heavy atom. The Hall–Kier alpha value is -1.27. The number of halogens is 2. The Morgan fingerprint density at radius 2 is 1.64 bits per heavy atom. The fraction of sp³-hybridized carbons (Fsp3) is 0.758. The van der Waals surface area contributed by atoms with E-state index in [1.165, 1.54) is 0 Å². The van der Waals surface area contributed by atoms with Crippen LogP contribution in [0.15, 0.2) is 24.3 Å². The highest BCUT2D eigenvalue weighted by Crippen LogP contribution is 2.26. The van der Waals surface area contributed by atoms with E-state index in [0.717, 1.165) is 44.0 Å². The molecule has 262 valence electrons. The van der Waals surface area contributed by atoms with E-state index in [-0.39, 0.29) is 66.3 Å². The van der Waals surface area contributed by atoms with Gasteiger partial charge in [0.05, 0.1) is 18.3 Å². The number of ether oxygens (including phenoxy) is 2. The lowest BCUT2D eigenvalue weighted by atomic mass is 9.80. The number of rotatable bonds is 20. The van der Waals surface area contributed by atoms with Gasteiger partial charge in [0, 0.05) is 69.4 Å². The summed E-state index contributed by atoms with van der Waals surface area (Å²) in [6, 6.07) is 6.58. The summed E-state index contributed by atoms with van der Waals surface area (Å²) >= 11 is 1.97. The molecule has 2 amide bonds. The van der Waals surface area contributed by atoms with E-state index in [2.05, 4.69) is 29.4 Å². The van der Waals surface area contributed by atoms with E-state index in [4.69, 9.17) is 15.2 Å². The van der Waals surface area contributed by atoms with Gasteiger partial charge in [0.15, 0.2) is 0 Å². The molecule has 0 radical (unpaired) electrons. The monoisotopic (exact) mass is 694 g/mol. The van der Waals surface area contributed by atoms with Gasteiger partial charge in [-0.2, -0.15) is 11.8 Å². The third-order valence-electron chi connectivity index (χ3n) is 8.50. The lowest BCUT2D eigenvalue weighted by molar-refractivity contribution is -0.127. The molecule has 1 aromatic carbocycles. The summed E-state index contributed by atoms with van der Waals surface area (Å²) in [5, 5.41) is 17.4. The molecule has 1 heterocycles. The van der Waals surface area contributed by atoms with Crippen molar-refractivity contribution in [2.75, 3.05) is 58.0 Å². The summed E-state index contributed by atoms with van der Waals surface area (Å²) in [6.07, 6.45) is 1.74. The van der Waals surface area contributed by atoms with Gasteiger partial charge in [0.1, 0.15) is 5.75 Å². The molecule has 12 heteroatoms. The van der Waals surface area contributed by atoms with E-state index in [1.807, 2.05) is 50.7 Å². The Balaban J connectivity index is 0.00000968. The van der Waals surface area contributed by atoms with Gasteiger partial charge in [-0.1, -0.05) is 39.8 Å². The average Bonchev–Trinajstić information content (AvgIpc) is 2.98. The number of thioether (sulfide) groups is 1. The minimum Gasteiger partial charge on any atom is -0.493 e. The van der Waals surface area contributed by atoms with Crippen LogP contribution in [0.1, 0.15) is 70.7 Å². The van der Waals surface area contributed by atoms with Gasteiger partial charge in [-0.15, -0.1) is 24.8 Å². The molecular formula is C33H60Cl2N4O5S. The number of carbonyl (C=O) groups excluding carboxylic acids is 2. The van der Waals surface area contributed by atoms with Crippen molar-refractivity contribution in [3.63, 3.8) is 0 Å². The fourth-order valence-corrected chi connectivity index (χ4v) is 6.62. The molecule has 5 unspecified atom stereocenters. The number of aliphatic hydroxyl groups excluding tert-OH is 1. The van der Waals surface area contributed by atoms with Crippen LogP contribution in [0.3, 0.4) is 0 Å². The highest BCUT2D eigenvalue weighted by atomic mass is 35.5. The first-order valence-electron chi connectivity index (χ1n) is 16.1. The lowest BCUT2D eigenvalue weighted by Gasteiger charge is -2.33. The minimum atomic E-state index is -0.825. The molecule has 1 saturated heterocycles. The zero-order chi connectivity index (χ0) is 31.8. The van der Waals surface area contributed by atoms with Crippen LogP contribution in [0.2, 0.25) is 0 Å². The minimum absolute atomic E-state index is 0. The lowest BCUT2D eigenvalue weighted by Crippen LogP contribution is -2.47. The van der Waals surface area contributed by atoms with E-state index in [1.54, 1.807) is 13.2 Å². The van der Waals surface area contributed by atoms with Crippen molar-refractivity contribution >= 4 is 48.4 Å². The van der Waals surface area contributed by atoms with E-state index in [9.17, 15) is 14.7 Å². The van der Waals surface area contributed by atoms with Crippen LogP contribution < -0.4 is 21.1 Å². The van der Waals surface area contributed by atoms with Crippen molar-refractivity contribution in [2.45, 2.75) is 78.5 Å². The average molecular weight is 696 g/mol. The summed E-state index contributed by atoms with van der Waals surface area (Å²) in [4.78, 5) is 28.8. The second kappa shape index (κ2) is 24.0. The van der Waals surface area contributed by atoms with Crippen LogP contribution in [0.5, 0.6) is 5.75 Å². The normalized spacial score (nSPS) is 16.9. The molecule has 1 fully saturated rings. The quantitative estimate of drug-likeness (QED) is 0.146. The van der Waals surface area contributed by atoms with Crippen molar-refractivity contribution in [1.29, 1.82) is 0 Å². The van der Waals surface area contributed by atoms with E-state index < -0.39 is 12.1 Å². The summed E-state index contributed by atoms with van der Waals surface area (Å²) < 4.78 is 11.0. The molecule has 1 aromatic rings. The van der Waals surface area contributed by atoms with Gasteiger partial charge in [-0.3, -0.25) is 14.5 Å². The molecule has 1 aliphatic heterocycles. The first-order valence-corrected chi connectivity index (χ1v) is 17.2. The van der Waals surface area contributed by atoms with Gasteiger partial charge >= 0.3 is 0 Å². The fourth-order valence-electron chi connectivity index (χ4n) is 5.64. The van der Waals surface area contributed by atoms with Crippen molar-refractivity contribution in [2.24, 2.45) is 29.4 Å². The summed E-state index contributed by atoms with van der Waals surface area (Å²) in [5.41, 5.74) is 7.06. The van der Waals surface area contributed by atoms with Crippen LogP contribution in [-0.2, 0) is 9.53 Å². The molecule has 1 aliphatic rings. The number of amides is 2. The number of nitrogens with zero attached hydrogens (tertiary/aromatic N) is 1. The van der Waals surface area contributed by atoms with Crippen LogP contribution in [0.25, 0.3) is 0 Å². The second-order valence-electron chi connectivity index (χ2n) is 12.5. The maximum atomic E-state index is 13.3. The van der Waals surface area contributed by atoms with Gasteiger partial charge in [0.2, 0.25) is 5.91 Å². The Morgan fingerprint density at radius 3 is 2.27 bits per heavy atom. The molecule has 0 spiro atoms. The molecule has 0 aromatic heterocycles. The summed E-state index contributed by atoms with van der Waals surface area (Å²) in [7, 11) is 1.68. The number of nitrogens with one attached hydrogen (secondary N) is 2. The smallest absolute Gasteiger partial charge is 0.255 e.